The molecule has 0 radical (unpaired) electrons. The summed E-state index contributed by atoms with van der Waals surface area (Å²) in [6, 6.07) is 59.0. The number of hydrogen-bond donors (Lipinski definition) is 0. The molecule has 0 atom stereocenters. The van der Waals surface area contributed by atoms with Crippen LogP contribution in [0.4, 0.5) is 34.1 Å². The first-order chi connectivity index (χ1) is 25.3. The molecule has 236 valence electrons. The molecule has 10 aromatic rings. The first kappa shape index (κ1) is 27.1. The fourth-order valence-corrected chi connectivity index (χ4v) is 8.88. The van der Waals surface area contributed by atoms with Gasteiger partial charge in [0.2, 0.25) is 0 Å². The summed E-state index contributed by atoms with van der Waals surface area (Å²) in [7, 11) is 0. The summed E-state index contributed by atoms with van der Waals surface area (Å²) in [6.45, 7) is 0.0828. The molecule has 8 aromatic carbocycles. The van der Waals surface area contributed by atoms with Gasteiger partial charge in [-0.3, -0.25) is 0 Å². The number of rotatable bonds is 2. The quantitative estimate of drug-likeness (QED) is 0.174. The maximum absolute atomic E-state index is 6.53. The van der Waals surface area contributed by atoms with Gasteiger partial charge in [0, 0.05) is 61.1 Å². The van der Waals surface area contributed by atoms with Crippen molar-refractivity contribution in [2.75, 3.05) is 9.80 Å². The van der Waals surface area contributed by atoms with E-state index in [-0.39, 0.29) is 6.71 Å². The first-order valence-corrected chi connectivity index (χ1v) is 17.5. The van der Waals surface area contributed by atoms with Gasteiger partial charge in [0.1, 0.15) is 22.3 Å². The van der Waals surface area contributed by atoms with Gasteiger partial charge in [-0.15, -0.1) is 0 Å². The van der Waals surface area contributed by atoms with Crippen LogP contribution < -0.4 is 26.2 Å². The van der Waals surface area contributed by atoms with E-state index in [0.29, 0.717) is 0 Å². The summed E-state index contributed by atoms with van der Waals surface area (Å²) in [5.41, 5.74) is 14.5. The van der Waals surface area contributed by atoms with E-state index in [4.69, 9.17) is 8.83 Å². The average Bonchev–Trinajstić information content (AvgIpc) is 3.76. The second kappa shape index (κ2) is 9.93. The molecule has 4 nitrogen and oxygen atoms in total. The molecule has 0 amide bonds. The Morgan fingerprint density at radius 1 is 0.373 bits per heavy atom. The Labute approximate surface area is 293 Å². The lowest BCUT2D eigenvalue weighted by Crippen LogP contribution is -2.61. The van der Waals surface area contributed by atoms with Crippen molar-refractivity contribution < 1.29 is 8.83 Å². The molecule has 0 spiro atoms. The lowest BCUT2D eigenvalue weighted by atomic mass is 9.33. The van der Waals surface area contributed by atoms with E-state index < -0.39 is 0 Å². The first-order valence-electron chi connectivity index (χ1n) is 17.5. The van der Waals surface area contributed by atoms with E-state index in [0.717, 1.165) is 60.6 Å². The van der Waals surface area contributed by atoms with Crippen molar-refractivity contribution in [3.8, 4) is 0 Å². The Balaban J connectivity index is 1.11. The van der Waals surface area contributed by atoms with E-state index >= 15 is 0 Å². The zero-order valence-electron chi connectivity index (χ0n) is 27.4. The van der Waals surface area contributed by atoms with Crippen LogP contribution >= 0.6 is 0 Å². The lowest BCUT2D eigenvalue weighted by Gasteiger charge is -2.44. The number of nitrogens with zero attached hydrogens (tertiary/aromatic N) is 2. The van der Waals surface area contributed by atoms with Crippen LogP contribution in [0.15, 0.2) is 173 Å². The minimum Gasteiger partial charge on any atom is -0.456 e. The topological polar surface area (TPSA) is 32.8 Å². The summed E-state index contributed by atoms with van der Waals surface area (Å²) in [6.07, 6.45) is 0. The molecule has 51 heavy (non-hydrogen) atoms. The molecule has 0 saturated carbocycles. The zero-order valence-corrected chi connectivity index (χ0v) is 27.4. The molecule has 0 bridgehead atoms. The molecule has 0 saturated heterocycles. The minimum atomic E-state index is 0.0828. The number of benzene rings is 8. The van der Waals surface area contributed by atoms with Gasteiger partial charge >= 0.3 is 0 Å². The second-order valence-electron chi connectivity index (χ2n) is 13.7. The standard InChI is InChI=1S/C46H27BN2O2/c1-2-11-31-28(10-1)20-23-33-35-27-30(22-25-44(35)51-46(31)33)49-39-16-7-5-14-37(39)47-36-13-4-6-15-38(36)48(40-17-9-18-41(49)45(40)47)29-21-24-43-34(26-29)32-12-3-8-19-42(32)50-43/h1-27H. The van der Waals surface area contributed by atoms with Crippen LogP contribution in [0, 0.1) is 0 Å². The fourth-order valence-electron chi connectivity index (χ4n) is 8.88. The van der Waals surface area contributed by atoms with Crippen molar-refractivity contribution in [3.05, 3.63) is 164 Å². The Bertz CT molecular complexity index is 3080. The van der Waals surface area contributed by atoms with Crippen molar-refractivity contribution in [3.63, 3.8) is 0 Å². The Hall–Kier alpha value is -6.72. The third kappa shape index (κ3) is 3.64. The highest BCUT2D eigenvalue weighted by Crippen LogP contribution is 2.46. The van der Waals surface area contributed by atoms with Gasteiger partial charge in [-0.1, -0.05) is 91.0 Å². The predicted octanol–water partition coefficient (Wildman–Crippen LogP) is 10.7. The summed E-state index contributed by atoms with van der Waals surface area (Å²) < 4.78 is 12.8. The highest BCUT2D eigenvalue weighted by atomic mass is 16.3. The van der Waals surface area contributed by atoms with E-state index in [1.807, 2.05) is 12.1 Å². The number of fused-ring (bicyclic) bond motifs is 12. The van der Waals surface area contributed by atoms with Gasteiger partial charge in [-0.05, 0) is 94.6 Å². The summed E-state index contributed by atoms with van der Waals surface area (Å²) in [4.78, 5) is 4.89. The molecule has 0 fully saturated rings. The highest BCUT2D eigenvalue weighted by molar-refractivity contribution is 7.00. The van der Waals surface area contributed by atoms with Gasteiger partial charge in [-0.2, -0.15) is 0 Å². The maximum atomic E-state index is 6.53. The molecule has 2 aliphatic rings. The number of anilines is 6. The van der Waals surface area contributed by atoms with Crippen LogP contribution in [0.5, 0.6) is 0 Å². The third-order valence-corrected chi connectivity index (χ3v) is 11.0. The van der Waals surface area contributed by atoms with Crippen LogP contribution in [-0.4, -0.2) is 6.71 Å². The van der Waals surface area contributed by atoms with Gasteiger partial charge in [0.25, 0.3) is 6.71 Å². The van der Waals surface area contributed by atoms with Crippen molar-refractivity contribution in [1.29, 1.82) is 0 Å². The smallest absolute Gasteiger partial charge is 0.252 e. The van der Waals surface area contributed by atoms with Gasteiger partial charge in [-0.25, -0.2) is 0 Å². The Kier molecular flexibility index (Phi) is 5.29. The fraction of sp³-hybridized carbons (Fsp3) is 0. The zero-order chi connectivity index (χ0) is 33.2. The normalized spacial score (nSPS) is 13.4. The van der Waals surface area contributed by atoms with Gasteiger partial charge in [0.15, 0.2) is 0 Å². The summed E-state index contributed by atoms with van der Waals surface area (Å²) in [5.74, 6) is 0. The number of hydrogen-bond acceptors (Lipinski definition) is 4. The Morgan fingerprint density at radius 3 is 1.65 bits per heavy atom. The summed E-state index contributed by atoms with van der Waals surface area (Å²) in [5, 5.41) is 6.81. The van der Waals surface area contributed by atoms with Crippen molar-refractivity contribution in [1.82, 2.24) is 0 Å². The van der Waals surface area contributed by atoms with Crippen LogP contribution in [-0.2, 0) is 0 Å². The molecule has 0 unspecified atom stereocenters. The molecular formula is C46H27BN2O2. The molecule has 2 aromatic heterocycles. The molecule has 4 heterocycles. The van der Waals surface area contributed by atoms with Crippen LogP contribution in [0.1, 0.15) is 0 Å². The van der Waals surface area contributed by atoms with E-state index in [2.05, 4.69) is 161 Å². The number of para-hydroxylation sites is 3. The van der Waals surface area contributed by atoms with Crippen LogP contribution in [0.3, 0.4) is 0 Å². The molecule has 12 rings (SSSR count). The predicted molar refractivity (Wildman–Crippen MR) is 213 cm³/mol. The maximum Gasteiger partial charge on any atom is 0.252 e. The van der Waals surface area contributed by atoms with Crippen molar-refractivity contribution in [2.24, 2.45) is 0 Å². The Morgan fingerprint density at radius 2 is 0.922 bits per heavy atom. The van der Waals surface area contributed by atoms with Gasteiger partial charge < -0.3 is 18.6 Å². The number of furan rings is 2. The van der Waals surface area contributed by atoms with Crippen molar-refractivity contribution >= 4 is 112 Å². The molecule has 0 N–H and O–H groups in total. The monoisotopic (exact) mass is 650 g/mol. The highest BCUT2D eigenvalue weighted by Gasteiger charge is 2.42. The molecule has 2 aliphatic heterocycles. The molecular weight excluding hydrogens is 623 g/mol. The third-order valence-electron chi connectivity index (χ3n) is 11.0. The minimum absolute atomic E-state index is 0.0828. The average molecular weight is 651 g/mol. The van der Waals surface area contributed by atoms with Crippen LogP contribution in [0.25, 0.3) is 54.6 Å². The SMILES string of the molecule is c1ccc2c(c1)B1c3ccccc3N(c3ccc4oc5c6ccccc6ccc5c4c3)c3cccc(c31)N2c1ccc2oc3ccccc3c2c1. The lowest BCUT2D eigenvalue weighted by molar-refractivity contribution is 0.669. The second-order valence-corrected chi connectivity index (χ2v) is 13.7. The summed E-state index contributed by atoms with van der Waals surface area (Å²) >= 11 is 0. The van der Waals surface area contributed by atoms with Gasteiger partial charge in [0.05, 0.1) is 0 Å². The molecule has 0 aliphatic carbocycles. The van der Waals surface area contributed by atoms with Crippen molar-refractivity contribution in [2.45, 2.75) is 0 Å². The van der Waals surface area contributed by atoms with Crippen LogP contribution in [0.2, 0.25) is 0 Å². The van der Waals surface area contributed by atoms with E-state index in [9.17, 15) is 0 Å². The largest absolute Gasteiger partial charge is 0.456 e. The van der Waals surface area contributed by atoms with E-state index in [1.165, 1.54) is 44.5 Å². The molecule has 5 heteroatoms. The van der Waals surface area contributed by atoms with E-state index in [1.54, 1.807) is 0 Å².